The van der Waals surface area contributed by atoms with Crippen molar-refractivity contribution in [2.75, 3.05) is 17.9 Å². The molecule has 2 rings (SSSR count). The molecular formula is C12H16BrN. The predicted octanol–water partition coefficient (Wildman–Crippen LogP) is 3.69. The summed E-state index contributed by atoms with van der Waals surface area (Å²) >= 11 is 3.10. The van der Waals surface area contributed by atoms with E-state index in [1.807, 2.05) is 0 Å². The van der Waals surface area contributed by atoms with Crippen LogP contribution in [-0.2, 0) is 0 Å². The molecule has 1 heterocycles. The fourth-order valence-electron chi connectivity index (χ4n) is 1.07. The highest BCUT2D eigenvalue weighted by molar-refractivity contribution is 9.10. The predicted molar refractivity (Wildman–Crippen MR) is 64.8 cm³/mol. The third-order valence-electron chi connectivity index (χ3n) is 1.67. The summed E-state index contributed by atoms with van der Waals surface area (Å²) in [4.78, 5) is 0.213. The minimum atomic E-state index is -3.68. The van der Waals surface area contributed by atoms with Crippen molar-refractivity contribution in [2.45, 2.75) is 19.6 Å². The molecule has 1 aromatic carbocycles. The van der Waals surface area contributed by atoms with Crippen LogP contribution in [0.25, 0.3) is 0 Å². The summed E-state index contributed by atoms with van der Waals surface area (Å²) in [6.45, 7) is -10.3. The van der Waals surface area contributed by atoms with Gasteiger partial charge in [0.1, 0.15) is 0 Å². The van der Waals surface area contributed by atoms with E-state index in [1.165, 1.54) is 24.3 Å². The lowest BCUT2D eigenvalue weighted by Gasteiger charge is -2.33. The molecule has 1 aliphatic heterocycles. The first-order chi connectivity index (χ1) is 11.4. The Bertz CT molecular complexity index is 714. The maximum absolute atomic E-state index is 8.29. The van der Waals surface area contributed by atoms with Crippen LogP contribution < -0.4 is 4.90 Å². The van der Waals surface area contributed by atoms with Crippen molar-refractivity contribution in [1.29, 1.82) is 0 Å². The summed E-state index contributed by atoms with van der Waals surface area (Å²) < 4.78 is 96.1. The number of benzene rings is 1. The Kier molecular flexibility index (Phi) is 0.933. The summed E-state index contributed by atoms with van der Waals surface area (Å²) in [5, 5.41) is 0. The van der Waals surface area contributed by atoms with Crippen molar-refractivity contribution in [1.82, 2.24) is 0 Å². The molecule has 1 aliphatic rings. The molecule has 0 saturated carbocycles. The van der Waals surface area contributed by atoms with Gasteiger partial charge in [0.05, 0.1) is 5.69 Å². The van der Waals surface area contributed by atoms with Gasteiger partial charge in [0, 0.05) is 33.9 Å². The Morgan fingerprint density at radius 2 is 2.50 bits per heavy atom. The fraction of sp³-hybridized carbons (Fsp3) is 0.500. The van der Waals surface area contributed by atoms with Gasteiger partial charge in [-0.2, -0.15) is 0 Å². The van der Waals surface area contributed by atoms with Gasteiger partial charge in [-0.05, 0) is 46.7 Å². The van der Waals surface area contributed by atoms with Gasteiger partial charge in [-0.25, -0.2) is 0 Å². The van der Waals surface area contributed by atoms with E-state index in [-0.39, 0.29) is 15.1 Å². The van der Waals surface area contributed by atoms with Gasteiger partial charge in [-0.15, -0.1) is 0 Å². The summed E-state index contributed by atoms with van der Waals surface area (Å²) in [5.41, 5.74) is -0.234. The quantitative estimate of drug-likeness (QED) is 0.749. The highest BCUT2D eigenvalue weighted by atomic mass is 79.9. The van der Waals surface area contributed by atoms with Crippen LogP contribution in [0.1, 0.15) is 36.0 Å². The summed E-state index contributed by atoms with van der Waals surface area (Å²) in [5.74, 6) is -3.63. The zero-order valence-corrected chi connectivity index (χ0v) is 8.72. The molecule has 0 spiro atoms. The highest BCUT2D eigenvalue weighted by Gasteiger charge is 2.17. The number of para-hydroxylation sites is 1. The first-order valence-electron chi connectivity index (χ1n) is 9.94. The Balaban J connectivity index is 2.96. The van der Waals surface area contributed by atoms with E-state index in [9.17, 15) is 0 Å². The summed E-state index contributed by atoms with van der Waals surface area (Å²) in [6, 6.07) is 5.60. The normalized spacial score (nSPS) is 55.6. The Hall–Kier alpha value is -0.500. The zero-order valence-electron chi connectivity index (χ0n) is 19.1. The van der Waals surface area contributed by atoms with Gasteiger partial charge in [0.25, 0.3) is 0 Å². The molecule has 1 saturated heterocycles. The van der Waals surface area contributed by atoms with Gasteiger partial charge < -0.3 is 4.90 Å². The lowest BCUT2D eigenvalue weighted by molar-refractivity contribution is 0.446. The number of piperidine rings is 1. The van der Waals surface area contributed by atoms with Crippen molar-refractivity contribution in [3.63, 3.8) is 0 Å². The maximum atomic E-state index is 8.29. The van der Waals surface area contributed by atoms with Crippen LogP contribution in [0, 0.1) is 5.89 Å². The van der Waals surface area contributed by atoms with Gasteiger partial charge in [-0.3, -0.25) is 0 Å². The lowest BCUT2D eigenvalue weighted by Crippen LogP contribution is -2.34. The first kappa shape index (κ1) is 3.00. The maximum Gasteiger partial charge on any atom is 0.0510 e. The van der Waals surface area contributed by atoms with Gasteiger partial charge >= 0.3 is 0 Å². The van der Waals surface area contributed by atoms with Crippen LogP contribution in [0.15, 0.2) is 28.7 Å². The van der Waals surface area contributed by atoms with Crippen molar-refractivity contribution in [2.24, 2.45) is 5.89 Å². The molecule has 0 radical (unpaired) electrons. The first-order valence-corrected chi connectivity index (χ1v) is 4.73. The van der Waals surface area contributed by atoms with Crippen LogP contribution in [0.4, 0.5) is 5.69 Å². The molecule has 1 unspecified atom stereocenters. The van der Waals surface area contributed by atoms with E-state index in [0.717, 1.165) is 0 Å². The molecule has 0 N–H and O–H groups in total. The Morgan fingerprint density at radius 3 is 3.29 bits per heavy atom. The smallest absolute Gasteiger partial charge is 0.0510 e. The fourth-order valence-corrected chi connectivity index (χ4v) is 1.53. The van der Waals surface area contributed by atoms with E-state index in [2.05, 4.69) is 15.9 Å². The van der Waals surface area contributed by atoms with Crippen molar-refractivity contribution < 1.29 is 16.4 Å². The third kappa shape index (κ3) is 2.11. The molecule has 0 bridgehead atoms. The number of hydrogen-bond donors (Lipinski definition) is 0. The molecule has 76 valence electrons. The number of nitrogens with zero attached hydrogens (tertiary/aromatic N) is 1. The Morgan fingerprint density at radius 1 is 1.64 bits per heavy atom. The third-order valence-corrected chi connectivity index (χ3v) is 2.34. The lowest BCUT2D eigenvalue weighted by atomic mass is 10.00. The van der Waals surface area contributed by atoms with Crippen LogP contribution in [0.5, 0.6) is 0 Å². The van der Waals surface area contributed by atoms with Crippen LogP contribution in [-0.4, -0.2) is 13.0 Å². The summed E-state index contributed by atoms with van der Waals surface area (Å²) in [7, 11) is 0. The van der Waals surface area contributed by atoms with E-state index in [4.69, 9.17) is 16.4 Å². The molecule has 1 fully saturated rings. The van der Waals surface area contributed by atoms with Gasteiger partial charge in [0.2, 0.25) is 0 Å². The van der Waals surface area contributed by atoms with Crippen molar-refractivity contribution in [3.8, 4) is 0 Å². The van der Waals surface area contributed by atoms with Crippen molar-refractivity contribution in [3.05, 3.63) is 28.7 Å². The van der Waals surface area contributed by atoms with E-state index in [1.54, 1.807) is 0 Å². The topological polar surface area (TPSA) is 3.24 Å². The minimum absolute atomic E-state index is 0.138. The van der Waals surface area contributed by atoms with Gasteiger partial charge in [-0.1, -0.05) is 19.0 Å². The molecule has 2 heteroatoms. The molecular weight excluding hydrogens is 238 g/mol. The molecule has 1 nitrogen and oxygen atoms in total. The minimum Gasteiger partial charge on any atom is -0.370 e. The number of anilines is 1. The molecule has 14 heavy (non-hydrogen) atoms. The van der Waals surface area contributed by atoms with Crippen molar-refractivity contribution >= 4 is 21.6 Å². The second kappa shape index (κ2) is 4.35. The largest absolute Gasteiger partial charge is 0.370 e. The van der Waals surface area contributed by atoms with Crippen LogP contribution >= 0.6 is 15.9 Å². The number of halogens is 1. The molecule has 0 amide bonds. The SMILES string of the molecule is [2H]C([2H])([2H])C1([2H])C([2H])([2H])N(c2ccccc2Br)C([2H])([2H])C([2H])([2H])C1([2H])[2H]. The average molecular weight is 266 g/mol. The highest BCUT2D eigenvalue weighted by Crippen LogP contribution is 2.29. The standard InChI is InChI=1S/C12H16BrN/c1-10-5-4-8-14(9-10)12-7-3-2-6-11(12)13/h2-3,6-7,10H,4-5,8-9H2,1H3/i1D3,4D2,5D2,8D2,9D2,10D. The monoisotopic (exact) mass is 265 g/mol. The number of rotatable bonds is 1. The average Bonchev–Trinajstić information content (AvgIpc) is 2.45. The molecule has 1 aromatic rings. The summed E-state index contributed by atoms with van der Waals surface area (Å²) in [6.07, 6.45) is -7.22. The van der Waals surface area contributed by atoms with Gasteiger partial charge in [0.15, 0.2) is 0 Å². The van der Waals surface area contributed by atoms with Crippen LogP contribution in [0.3, 0.4) is 0 Å². The molecule has 0 aromatic heterocycles. The second-order valence-electron chi connectivity index (χ2n) is 2.64. The van der Waals surface area contributed by atoms with E-state index < -0.39 is 38.5 Å². The van der Waals surface area contributed by atoms with Crippen LogP contribution in [0.2, 0.25) is 0 Å². The second-order valence-corrected chi connectivity index (χ2v) is 3.49. The van der Waals surface area contributed by atoms with E-state index in [0.29, 0.717) is 0 Å². The number of hydrogen-bond acceptors (Lipinski definition) is 1. The zero-order chi connectivity index (χ0) is 20.6. The van der Waals surface area contributed by atoms with E-state index >= 15 is 0 Å². The molecule has 1 atom stereocenters. The Labute approximate surface area is 111 Å². The molecule has 0 aliphatic carbocycles.